The topological polar surface area (TPSA) is 65.5 Å². The molecule has 0 fully saturated rings. The Morgan fingerprint density at radius 2 is 1.64 bits per heavy atom. The van der Waals surface area contributed by atoms with Crippen LogP contribution in [0.4, 0.5) is 0 Å². The third-order valence-corrected chi connectivity index (χ3v) is 3.63. The van der Waals surface area contributed by atoms with Crippen LogP contribution in [0.15, 0.2) is 59.6 Å². The zero-order valence-corrected chi connectivity index (χ0v) is 14.9. The Bertz CT molecular complexity index is 681. The summed E-state index contributed by atoms with van der Waals surface area (Å²) >= 11 is 0. The highest BCUT2D eigenvalue weighted by molar-refractivity contribution is 5.86. The number of hydrogen-bond donors (Lipinski definition) is 3. The van der Waals surface area contributed by atoms with Crippen LogP contribution in [0, 0.1) is 6.92 Å². The number of nitrogens with one attached hydrogen (secondary N) is 3. The molecule has 2 aromatic carbocycles. The van der Waals surface area contributed by atoms with E-state index in [2.05, 4.69) is 52.1 Å². The van der Waals surface area contributed by atoms with Gasteiger partial charge in [-0.15, -0.1) is 0 Å². The highest BCUT2D eigenvalue weighted by Crippen LogP contribution is 2.04. The number of guanidine groups is 1. The lowest BCUT2D eigenvalue weighted by molar-refractivity contribution is -0.120. The molecule has 3 N–H and O–H groups in total. The van der Waals surface area contributed by atoms with E-state index in [0.29, 0.717) is 19.0 Å². The molecule has 0 saturated heterocycles. The fourth-order valence-corrected chi connectivity index (χ4v) is 2.23. The number of hydrogen-bond acceptors (Lipinski definition) is 2. The monoisotopic (exact) mass is 338 g/mol. The van der Waals surface area contributed by atoms with Gasteiger partial charge in [0.15, 0.2) is 5.96 Å². The minimum Gasteiger partial charge on any atom is -0.357 e. The zero-order chi connectivity index (χ0) is 17.9. The lowest BCUT2D eigenvalue weighted by Gasteiger charge is -2.11. The van der Waals surface area contributed by atoms with Crippen molar-refractivity contribution in [3.63, 3.8) is 0 Å². The number of aliphatic imine (C=N–C) groups is 1. The maximum absolute atomic E-state index is 12.0. The van der Waals surface area contributed by atoms with Gasteiger partial charge in [0.05, 0.1) is 13.1 Å². The van der Waals surface area contributed by atoms with Crippen LogP contribution >= 0.6 is 0 Å². The predicted molar refractivity (Wildman–Crippen MR) is 102 cm³/mol. The third-order valence-electron chi connectivity index (χ3n) is 3.63. The van der Waals surface area contributed by atoms with E-state index >= 15 is 0 Å². The van der Waals surface area contributed by atoms with E-state index in [4.69, 9.17) is 0 Å². The summed E-state index contributed by atoms with van der Waals surface area (Å²) in [6.07, 6.45) is 0. The van der Waals surface area contributed by atoms with E-state index in [9.17, 15) is 4.79 Å². The molecule has 5 heteroatoms. The number of benzene rings is 2. The summed E-state index contributed by atoms with van der Waals surface area (Å²) in [7, 11) is 0. The summed E-state index contributed by atoms with van der Waals surface area (Å²) in [5.41, 5.74) is 3.44. The summed E-state index contributed by atoms with van der Waals surface area (Å²) in [5.74, 6) is 0.572. The van der Waals surface area contributed by atoms with Crippen molar-refractivity contribution in [1.82, 2.24) is 16.0 Å². The van der Waals surface area contributed by atoms with E-state index in [-0.39, 0.29) is 12.5 Å². The first-order valence-corrected chi connectivity index (χ1v) is 8.55. The van der Waals surface area contributed by atoms with Gasteiger partial charge in [-0.3, -0.25) is 4.79 Å². The van der Waals surface area contributed by atoms with Gasteiger partial charge < -0.3 is 16.0 Å². The molecule has 5 nitrogen and oxygen atoms in total. The first kappa shape index (κ1) is 18.5. The number of amides is 1. The van der Waals surface area contributed by atoms with Gasteiger partial charge in [0.1, 0.15) is 0 Å². The summed E-state index contributed by atoms with van der Waals surface area (Å²) < 4.78 is 0. The maximum Gasteiger partial charge on any atom is 0.239 e. The van der Waals surface area contributed by atoms with Gasteiger partial charge in [-0.25, -0.2) is 4.99 Å². The molecular weight excluding hydrogens is 312 g/mol. The lowest BCUT2D eigenvalue weighted by atomic mass is 10.1. The van der Waals surface area contributed by atoms with Crippen LogP contribution in [-0.4, -0.2) is 25.0 Å². The normalized spacial score (nSPS) is 11.0. The van der Waals surface area contributed by atoms with Gasteiger partial charge in [-0.05, 0) is 25.0 Å². The summed E-state index contributed by atoms with van der Waals surface area (Å²) in [5, 5.41) is 9.11. The van der Waals surface area contributed by atoms with Crippen LogP contribution in [-0.2, 0) is 17.9 Å². The smallest absolute Gasteiger partial charge is 0.239 e. The van der Waals surface area contributed by atoms with E-state index in [0.717, 1.165) is 17.7 Å². The minimum atomic E-state index is -0.0650. The quantitative estimate of drug-likeness (QED) is 0.536. The van der Waals surface area contributed by atoms with Crippen LogP contribution in [0.1, 0.15) is 23.6 Å². The number of nitrogens with zero attached hydrogens (tertiary/aromatic N) is 1. The average Bonchev–Trinajstić information content (AvgIpc) is 2.64. The fraction of sp³-hybridized carbons (Fsp3) is 0.300. The predicted octanol–water partition coefficient (Wildman–Crippen LogP) is 2.37. The number of rotatable bonds is 7. The highest BCUT2D eigenvalue weighted by Gasteiger charge is 2.03. The van der Waals surface area contributed by atoms with Crippen molar-refractivity contribution in [3.05, 3.63) is 71.3 Å². The molecule has 0 spiro atoms. The minimum absolute atomic E-state index is 0.0650. The second kappa shape index (κ2) is 10.1. The molecule has 0 aromatic heterocycles. The average molecular weight is 338 g/mol. The van der Waals surface area contributed by atoms with Crippen molar-refractivity contribution in [2.45, 2.75) is 26.9 Å². The summed E-state index contributed by atoms with van der Waals surface area (Å²) in [6.45, 7) is 6.09. The Morgan fingerprint density at radius 1 is 0.920 bits per heavy atom. The van der Waals surface area contributed by atoms with Crippen LogP contribution < -0.4 is 16.0 Å². The molecule has 0 heterocycles. The van der Waals surface area contributed by atoms with Crippen molar-refractivity contribution >= 4 is 11.9 Å². The van der Waals surface area contributed by atoms with Crippen molar-refractivity contribution in [2.75, 3.05) is 13.1 Å². The van der Waals surface area contributed by atoms with Crippen LogP contribution in [0.2, 0.25) is 0 Å². The molecule has 2 rings (SSSR count). The molecule has 0 aliphatic heterocycles. The highest BCUT2D eigenvalue weighted by atomic mass is 16.1. The van der Waals surface area contributed by atoms with E-state index in [1.807, 2.05) is 37.3 Å². The molecule has 0 atom stereocenters. The Hall–Kier alpha value is -2.82. The van der Waals surface area contributed by atoms with Gasteiger partial charge in [-0.1, -0.05) is 60.2 Å². The Labute approximate surface area is 149 Å². The molecule has 0 aliphatic carbocycles. The van der Waals surface area contributed by atoms with Gasteiger partial charge in [-0.2, -0.15) is 0 Å². The molecule has 0 unspecified atom stereocenters. The van der Waals surface area contributed by atoms with E-state index < -0.39 is 0 Å². The van der Waals surface area contributed by atoms with Crippen molar-refractivity contribution in [3.8, 4) is 0 Å². The summed E-state index contributed by atoms with van der Waals surface area (Å²) in [4.78, 5) is 16.5. The Balaban J connectivity index is 1.80. The maximum atomic E-state index is 12.0. The lowest BCUT2D eigenvalue weighted by Crippen LogP contribution is -2.43. The second-order valence-corrected chi connectivity index (χ2v) is 5.80. The molecule has 0 bridgehead atoms. The Kier molecular flexibility index (Phi) is 7.50. The van der Waals surface area contributed by atoms with E-state index in [1.54, 1.807) is 0 Å². The number of carbonyl (C=O) groups is 1. The van der Waals surface area contributed by atoms with Crippen molar-refractivity contribution in [1.29, 1.82) is 0 Å². The SMILES string of the molecule is CCNC(=NCc1ccc(C)cc1)NCC(=O)NCc1ccccc1. The van der Waals surface area contributed by atoms with Gasteiger partial charge in [0.2, 0.25) is 5.91 Å². The van der Waals surface area contributed by atoms with Crippen LogP contribution in [0.5, 0.6) is 0 Å². The van der Waals surface area contributed by atoms with Gasteiger partial charge in [0.25, 0.3) is 0 Å². The zero-order valence-electron chi connectivity index (χ0n) is 14.9. The van der Waals surface area contributed by atoms with Gasteiger partial charge >= 0.3 is 0 Å². The molecule has 132 valence electrons. The molecule has 25 heavy (non-hydrogen) atoms. The van der Waals surface area contributed by atoms with Crippen molar-refractivity contribution in [2.24, 2.45) is 4.99 Å². The fourth-order valence-electron chi connectivity index (χ4n) is 2.23. The third kappa shape index (κ3) is 7.08. The molecular formula is C20H26N4O. The largest absolute Gasteiger partial charge is 0.357 e. The Morgan fingerprint density at radius 3 is 2.32 bits per heavy atom. The second-order valence-electron chi connectivity index (χ2n) is 5.80. The standard InChI is InChI=1S/C20H26N4O/c1-3-21-20(23-14-18-11-9-16(2)10-12-18)24-15-19(25)22-13-17-7-5-4-6-8-17/h4-12H,3,13-15H2,1-2H3,(H,22,25)(H2,21,23,24). The molecule has 2 aromatic rings. The number of aryl methyl sites for hydroxylation is 1. The van der Waals surface area contributed by atoms with E-state index in [1.165, 1.54) is 5.56 Å². The molecule has 0 aliphatic rings. The summed E-state index contributed by atoms with van der Waals surface area (Å²) in [6, 6.07) is 18.1. The number of carbonyl (C=O) groups excluding carboxylic acids is 1. The first-order chi connectivity index (χ1) is 12.2. The van der Waals surface area contributed by atoms with Crippen LogP contribution in [0.3, 0.4) is 0 Å². The molecule has 1 amide bonds. The first-order valence-electron chi connectivity index (χ1n) is 8.55. The van der Waals surface area contributed by atoms with Gasteiger partial charge in [0, 0.05) is 13.1 Å². The van der Waals surface area contributed by atoms with Crippen LogP contribution in [0.25, 0.3) is 0 Å². The molecule has 0 saturated carbocycles. The van der Waals surface area contributed by atoms with Crippen molar-refractivity contribution < 1.29 is 4.79 Å². The molecule has 0 radical (unpaired) electrons.